The number of fused-ring (bicyclic) bond motifs is 5. The van der Waals surface area contributed by atoms with Gasteiger partial charge in [-0.05, 0) is 84.5 Å². The zero-order valence-corrected chi connectivity index (χ0v) is 14.7. The molecular formula is C21H28O3. The number of carbonyl (C=O) groups excluding carboxylic acids is 1. The number of aliphatic hydroxyl groups is 1. The largest absolute Gasteiger partial charge is 0.497 e. The summed E-state index contributed by atoms with van der Waals surface area (Å²) in [6.07, 6.45) is 6.80. The first kappa shape index (κ1) is 16.1. The van der Waals surface area contributed by atoms with Crippen LogP contribution in [0.1, 0.15) is 56.1 Å². The van der Waals surface area contributed by atoms with Gasteiger partial charge in [0, 0.05) is 6.42 Å². The van der Waals surface area contributed by atoms with E-state index in [-0.39, 0.29) is 11.5 Å². The monoisotopic (exact) mass is 328 g/mol. The summed E-state index contributed by atoms with van der Waals surface area (Å²) in [6.45, 7) is 2.28. The fourth-order valence-corrected chi connectivity index (χ4v) is 6.22. The van der Waals surface area contributed by atoms with Crippen LogP contribution < -0.4 is 4.74 Å². The maximum atomic E-state index is 11.3. The Bertz CT molecular complexity index is 640. The van der Waals surface area contributed by atoms with Crippen LogP contribution in [0.4, 0.5) is 0 Å². The van der Waals surface area contributed by atoms with Crippen LogP contribution >= 0.6 is 0 Å². The predicted octanol–water partition coefficient (Wildman–Crippen LogP) is 3.73. The molecule has 3 aliphatic rings. The van der Waals surface area contributed by atoms with E-state index < -0.39 is 0 Å². The maximum absolute atomic E-state index is 11.3. The second-order valence-electron chi connectivity index (χ2n) is 8.36. The Morgan fingerprint density at radius 2 is 2.17 bits per heavy atom. The fourth-order valence-electron chi connectivity index (χ4n) is 6.22. The number of rotatable bonds is 3. The van der Waals surface area contributed by atoms with Crippen LogP contribution in [-0.2, 0) is 11.2 Å². The van der Waals surface area contributed by atoms with Crippen molar-refractivity contribution in [3.8, 4) is 5.75 Å². The number of carbonyl (C=O) groups is 1. The second-order valence-corrected chi connectivity index (χ2v) is 8.36. The van der Waals surface area contributed by atoms with Gasteiger partial charge >= 0.3 is 0 Å². The van der Waals surface area contributed by atoms with Crippen molar-refractivity contribution in [2.75, 3.05) is 7.11 Å². The molecule has 0 amide bonds. The van der Waals surface area contributed by atoms with Crippen molar-refractivity contribution >= 4 is 6.29 Å². The SMILES string of the molecule is COc1ccc2c(c1)C[C@@H](CC=O)C1C2CC[C@]2(C)C(O)CCC12. The standard InChI is InChI=1S/C21H28O3/c1-21-9-7-17-16-4-3-15(24-2)12-14(16)11-13(8-10-22)20(17)18(21)5-6-19(21)23/h3-4,10,12-13,17-20,23H,5-9,11H2,1-2H3/t13-,17?,18?,19?,20?,21+/m1/s1. The zero-order valence-electron chi connectivity index (χ0n) is 14.7. The maximum Gasteiger partial charge on any atom is 0.120 e. The van der Waals surface area contributed by atoms with E-state index in [1.807, 2.05) is 0 Å². The van der Waals surface area contributed by atoms with Gasteiger partial charge in [-0.25, -0.2) is 0 Å². The van der Waals surface area contributed by atoms with Crippen LogP contribution in [0.3, 0.4) is 0 Å². The molecule has 0 aliphatic heterocycles. The quantitative estimate of drug-likeness (QED) is 0.860. The molecule has 3 nitrogen and oxygen atoms in total. The Labute approximate surface area is 144 Å². The van der Waals surface area contributed by atoms with E-state index in [0.29, 0.717) is 30.1 Å². The number of hydrogen-bond acceptors (Lipinski definition) is 3. The Balaban J connectivity index is 1.76. The lowest BCUT2D eigenvalue weighted by molar-refractivity contribution is -0.110. The molecule has 1 aromatic carbocycles. The zero-order chi connectivity index (χ0) is 16.9. The first-order valence-corrected chi connectivity index (χ1v) is 9.37. The summed E-state index contributed by atoms with van der Waals surface area (Å²) in [5.74, 6) is 2.93. The summed E-state index contributed by atoms with van der Waals surface area (Å²) < 4.78 is 5.41. The summed E-state index contributed by atoms with van der Waals surface area (Å²) >= 11 is 0. The number of methoxy groups -OCH3 is 1. The molecule has 3 heteroatoms. The first-order chi connectivity index (χ1) is 11.6. The normalized spacial score (nSPS) is 40.4. The van der Waals surface area contributed by atoms with E-state index in [1.165, 1.54) is 11.1 Å². The highest BCUT2D eigenvalue weighted by Crippen LogP contribution is 2.62. The van der Waals surface area contributed by atoms with E-state index in [2.05, 4.69) is 25.1 Å². The van der Waals surface area contributed by atoms with Crippen molar-refractivity contribution in [1.29, 1.82) is 0 Å². The smallest absolute Gasteiger partial charge is 0.120 e. The van der Waals surface area contributed by atoms with Crippen LogP contribution in [0.25, 0.3) is 0 Å². The Morgan fingerprint density at radius 3 is 2.92 bits per heavy atom. The molecule has 130 valence electrons. The molecule has 0 aromatic heterocycles. The van der Waals surface area contributed by atoms with Crippen molar-refractivity contribution in [2.45, 2.75) is 57.5 Å². The van der Waals surface area contributed by atoms with E-state index in [0.717, 1.165) is 44.1 Å². The summed E-state index contributed by atoms with van der Waals surface area (Å²) in [5, 5.41) is 10.6. The van der Waals surface area contributed by atoms with Gasteiger partial charge < -0.3 is 14.6 Å². The summed E-state index contributed by atoms with van der Waals surface area (Å²) in [4.78, 5) is 11.3. The topological polar surface area (TPSA) is 46.5 Å². The van der Waals surface area contributed by atoms with Crippen molar-refractivity contribution in [1.82, 2.24) is 0 Å². The highest BCUT2D eigenvalue weighted by molar-refractivity contribution is 5.51. The number of ether oxygens (including phenoxy) is 1. The average molecular weight is 328 g/mol. The molecule has 0 bridgehead atoms. The number of benzene rings is 1. The van der Waals surface area contributed by atoms with Gasteiger partial charge in [-0.2, -0.15) is 0 Å². The van der Waals surface area contributed by atoms with E-state index >= 15 is 0 Å². The van der Waals surface area contributed by atoms with Crippen LogP contribution in [0.15, 0.2) is 18.2 Å². The molecule has 1 aromatic rings. The van der Waals surface area contributed by atoms with Gasteiger partial charge in [-0.3, -0.25) is 0 Å². The predicted molar refractivity (Wildman–Crippen MR) is 93.2 cm³/mol. The van der Waals surface area contributed by atoms with Crippen LogP contribution in [-0.4, -0.2) is 24.6 Å². The highest BCUT2D eigenvalue weighted by Gasteiger charge is 2.56. The molecule has 0 saturated heterocycles. The van der Waals surface area contributed by atoms with Crippen LogP contribution in [0.5, 0.6) is 5.75 Å². The Hall–Kier alpha value is -1.35. The average Bonchev–Trinajstić information content (AvgIpc) is 2.89. The fraction of sp³-hybridized carbons (Fsp3) is 0.667. The molecule has 24 heavy (non-hydrogen) atoms. The molecule has 3 aliphatic carbocycles. The lowest BCUT2D eigenvalue weighted by Crippen LogP contribution is -2.47. The van der Waals surface area contributed by atoms with Gasteiger partial charge in [-0.15, -0.1) is 0 Å². The minimum atomic E-state index is -0.169. The van der Waals surface area contributed by atoms with Gasteiger partial charge in [0.15, 0.2) is 0 Å². The summed E-state index contributed by atoms with van der Waals surface area (Å²) in [5.41, 5.74) is 2.88. The number of aliphatic hydroxyl groups excluding tert-OH is 1. The highest BCUT2D eigenvalue weighted by atomic mass is 16.5. The minimum absolute atomic E-state index is 0.0479. The number of hydrogen-bond donors (Lipinski definition) is 1. The molecule has 6 atom stereocenters. The van der Waals surface area contributed by atoms with Gasteiger partial charge in [0.25, 0.3) is 0 Å². The molecule has 0 heterocycles. The van der Waals surface area contributed by atoms with Gasteiger partial charge in [0.2, 0.25) is 0 Å². The van der Waals surface area contributed by atoms with Crippen molar-refractivity contribution in [2.24, 2.45) is 23.2 Å². The molecule has 2 saturated carbocycles. The molecular weight excluding hydrogens is 300 g/mol. The first-order valence-electron chi connectivity index (χ1n) is 9.37. The van der Waals surface area contributed by atoms with E-state index in [9.17, 15) is 9.90 Å². The van der Waals surface area contributed by atoms with Crippen molar-refractivity contribution in [3.63, 3.8) is 0 Å². The van der Waals surface area contributed by atoms with Crippen molar-refractivity contribution < 1.29 is 14.6 Å². The molecule has 0 radical (unpaired) electrons. The molecule has 4 unspecified atom stereocenters. The minimum Gasteiger partial charge on any atom is -0.497 e. The lowest BCUT2D eigenvalue weighted by Gasteiger charge is -2.53. The molecule has 1 N–H and O–H groups in total. The molecule has 0 spiro atoms. The lowest BCUT2D eigenvalue weighted by atomic mass is 9.52. The Kier molecular flexibility index (Phi) is 3.95. The Morgan fingerprint density at radius 1 is 1.33 bits per heavy atom. The number of aldehydes is 1. The summed E-state index contributed by atoms with van der Waals surface area (Å²) in [6, 6.07) is 6.49. The van der Waals surface area contributed by atoms with Crippen molar-refractivity contribution in [3.05, 3.63) is 29.3 Å². The van der Waals surface area contributed by atoms with Crippen LogP contribution in [0.2, 0.25) is 0 Å². The second kappa shape index (κ2) is 5.87. The third-order valence-corrected chi connectivity index (χ3v) is 7.46. The molecule has 2 fully saturated rings. The van der Waals surface area contributed by atoms with E-state index in [1.54, 1.807) is 7.11 Å². The third-order valence-electron chi connectivity index (χ3n) is 7.46. The van der Waals surface area contributed by atoms with Gasteiger partial charge in [0.05, 0.1) is 13.2 Å². The van der Waals surface area contributed by atoms with Gasteiger partial charge in [0.1, 0.15) is 12.0 Å². The van der Waals surface area contributed by atoms with Gasteiger partial charge in [-0.1, -0.05) is 13.0 Å². The summed E-state index contributed by atoms with van der Waals surface area (Å²) in [7, 11) is 1.71. The third kappa shape index (κ3) is 2.24. The molecule has 4 rings (SSSR count). The van der Waals surface area contributed by atoms with E-state index in [4.69, 9.17) is 4.74 Å². The van der Waals surface area contributed by atoms with Crippen LogP contribution in [0, 0.1) is 23.2 Å².